The highest BCUT2D eigenvalue weighted by molar-refractivity contribution is 9.10. The Hall–Kier alpha value is -1.39. The number of carbonyl (C=O) groups excluding carboxylic acids is 1. The van der Waals surface area contributed by atoms with E-state index in [4.69, 9.17) is 11.6 Å². The number of hydrogen-bond acceptors (Lipinski definition) is 2. The molecule has 1 heterocycles. The van der Waals surface area contributed by atoms with Crippen LogP contribution in [-0.2, 0) is 0 Å². The number of amides is 1. The second-order valence-corrected chi connectivity index (χ2v) is 5.61. The maximum Gasteiger partial charge on any atom is 0.251 e. The highest BCUT2D eigenvalue weighted by Gasteiger charge is 2.14. The minimum absolute atomic E-state index is 0.0619. The lowest BCUT2D eigenvalue weighted by molar-refractivity contribution is 0.0935. The number of halogens is 2. The molecule has 0 aliphatic heterocycles. The molecule has 1 amide bonds. The van der Waals surface area contributed by atoms with Crippen molar-refractivity contribution in [3.05, 3.63) is 63.3 Å². The van der Waals surface area contributed by atoms with Crippen LogP contribution in [0.3, 0.4) is 0 Å². The molecule has 1 aromatic heterocycles. The highest BCUT2D eigenvalue weighted by Crippen LogP contribution is 2.21. The Morgan fingerprint density at radius 1 is 1.40 bits per heavy atom. The summed E-state index contributed by atoms with van der Waals surface area (Å²) >= 11 is 9.25. The lowest BCUT2D eigenvalue weighted by atomic mass is 10.0. The normalized spacial score (nSPS) is 11.9. The van der Waals surface area contributed by atoms with Gasteiger partial charge in [0.25, 0.3) is 5.91 Å². The molecule has 2 aromatic rings. The van der Waals surface area contributed by atoms with Gasteiger partial charge in [0.1, 0.15) is 4.60 Å². The zero-order valence-electron chi connectivity index (χ0n) is 10.9. The second-order valence-electron chi connectivity index (χ2n) is 4.36. The van der Waals surface area contributed by atoms with E-state index in [1.165, 1.54) is 0 Å². The van der Waals surface area contributed by atoms with Crippen LogP contribution in [0.2, 0.25) is 5.02 Å². The third kappa shape index (κ3) is 3.81. The van der Waals surface area contributed by atoms with E-state index < -0.39 is 0 Å². The van der Waals surface area contributed by atoms with E-state index in [2.05, 4.69) is 26.2 Å². The summed E-state index contributed by atoms with van der Waals surface area (Å²) in [6.07, 6.45) is 2.39. The van der Waals surface area contributed by atoms with Gasteiger partial charge in [-0.3, -0.25) is 4.79 Å². The van der Waals surface area contributed by atoms with E-state index in [1.54, 1.807) is 18.3 Å². The van der Waals surface area contributed by atoms with Crippen molar-refractivity contribution in [1.29, 1.82) is 0 Å². The standard InChI is InChI=1S/C15H14BrClN2O/c1-2-13(10-4-3-5-12(17)8-10)19-15(20)11-6-7-18-14(16)9-11/h3-9,13H,2H2,1H3,(H,19,20). The van der Waals surface area contributed by atoms with Crippen molar-refractivity contribution in [1.82, 2.24) is 10.3 Å². The van der Waals surface area contributed by atoms with Gasteiger partial charge in [-0.05, 0) is 52.2 Å². The lowest BCUT2D eigenvalue weighted by Gasteiger charge is -2.17. The Labute approximate surface area is 131 Å². The third-order valence-corrected chi connectivity index (χ3v) is 3.62. The van der Waals surface area contributed by atoms with Gasteiger partial charge in [-0.25, -0.2) is 4.98 Å². The molecule has 0 fully saturated rings. The molecular weight excluding hydrogens is 340 g/mol. The lowest BCUT2D eigenvalue weighted by Crippen LogP contribution is -2.28. The van der Waals surface area contributed by atoms with Crippen molar-refractivity contribution in [2.24, 2.45) is 0 Å². The van der Waals surface area contributed by atoms with Crippen LogP contribution < -0.4 is 5.32 Å². The zero-order chi connectivity index (χ0) is 14.5. The molecule has 0 saturated carbocycles. The summed E-state index contributed by atoms with van der Waals surface area (Å²) < 4.78 is 0.640. The summed E-state index contributed by atoms with van der Waals surface area (Å²) in [7, 11) is 0. The molecule has 0 aliphatic rings. The van der Waals surface area contributed by atoms with Crippen LogP contribution in [0.25, 0.3) is 0 Å². The summed E-state index contributed by atoms with van der Waals surface area (Å²) in [4.78, 5) is 16.2. The van der Waals surface area contributed by atoms with Crippen molar-refractivity contribution in [2.75, 3.05) is 0 Å². The van der Waals surface area contributed by atoms with Gasteiger partial charge in [0.2, 0.25) is 0 Å². The number of hydrogen-bond donors (Lipinski definition) is 1. The molecular formula is C15H14BrClN2O. The fraction of sp³-hybridized carbons (Fsp3) is 0.200. The molecule has 1 unspecified atom stereocenters. The Kier molecular flexibility index (Phi) is 5.15. The molecule has 1 atom stereocenters. The predicted octanol–water partition coefficient (Wildman–Crippen LogP) is 4.38. The van der Waals surface area contributed by atoms with Gasteiger partial charge < -0.3 is 5.32 Å². The number of nitrogens with one attached hydrogen (secondary N) is 1. The summed E-state index contributed by atoms with van der Waals surface area (Å²) in [5.74, 6) is -0.125. The molecule has 1 aromatic carbocycles. The van der Waals surface area contributed by atoms with E-state index in [9.17, 15) is 4.79 Å². The second kappa shape index (κ2) is 6.86. The summed E-state index contributed by atoms with van der Waals surface area (Å²) in [5.41, 5.74) is 1.58. The van der Waals surface area contributed by atoms with Gasteiger partial charge in [0.05, 0.1) is 6.04 Å². The van der Waals surface area contributed by atoms with Crippen LogP contribution in [0.4, 0.5) is 0 Å². The topological polar surface area (TPSA) is 42.0 Å². The summed E-state index contributed by atoms with van der Waals surface area (Å²) in [5, 5.41) is 3.68. The van der Waals surface area contributed by atoms with E-state index in [-0.39, 0.29) is 11.9 Å². The van der Waals surface area contributed by atoms with Crippen LogP contribution in [0, 0.1) is 0 Å². The first kappa shape index (κ1) is 15.0. The third-order valence-electron chi connectivity index (χ3n) is 2.95. The van der Waals surface area contributed by atoms with Gasteiger partial charge in [0, 0.05) is 16.8 Å². The van der Waals surface area contributed by atoms with Crippen LogP contribution in [0.1, 0.15) is 35.3 Å². The molecule has 0 radical (unpaired) electrons. The van der Waals surface area contributed by atoms with Crippen molar-refractivity contribution in [2.45, 2.75) is 19.4 Å². The van der Waals surface area contributed by atoms with Gasteiger partial charge in [0.15, 0.2) is 0 Å². The molecule has 20 heavy (non-hydrogen) atoms. The maximum atomic E-state index is 12.2. The Bertz CT molecular complexity index is 618. The van der Waals surface area contributed by atoms with Gasteiger partial charge in [-0.15, -0.1) is 0 Å². The first-order valence-electron chi connectivity index (χ1n) is 6.28. The molecule has 5 heteroatoms. The van der Waals surface area contributed by atoms with Crippen LogP contribution >= 0.6 is 27.5 Å². The number of pyridine rings is 1. The Morgan fingerprint density at radius 3 is 2.85 bits per heavy atom. The average molecular weight is 354 g/mol. The largest absolute Gasteiger partial charge is 0.345 e. The van der Waals surface area contributed by atoms with E-state index in [0.29, 0.717) is 15.2 Å². The first-order chi connectivity index (χ1) is 9.60. The Morgan fingerprint density at radius 2 is 2.20 bits per heavy atom. The van der Waals surface area contributed by atoms with Crippen molar-refractivity contribution >= 4 is 33.4 Å². The van der Waals surface area contributed by atoms with Gasteiger partial charge in [-0.1, -0.05) is 30.7 Å². The molecule has 1 N–H and O–H groups in total. The number of carbonyl (C=O) groups is 1. The van der Waals surface area contributed by atoms with Crippen LogP contribution in [-0.4, -0.2) is 10.9 Å². The van der Waals surface area contributed by atoms with Gasteiger partial charge in [-0.2, -0.15) is 0 Å². The number of rotatable bonds is 4. The SMILES string of the molecule is CCC(NC(=O)c1ccnc(Br)c1)c1cccc(Cl)c1. The molecule has 0 saturated heterocycles. The molecule has 0 aliphatic carbocycles. The summed E-state index contributed by atoms with van der Waals surface area (Å²) in [6.45, 7) is 2.02. The van der Waals surface area contributed by atoms with Crippen molar-refractivity contribution in [3.63, 3.8) is 0 Å². The average Bonchev–Trinajstić information content (AvgIpc) is 2.44. The molecule has 3 nitrogen and oxygen atoms in total. The molecule has 0 spiro atoms. The molecule has 2 rings (SSSR count). The number of aromatic nitrogens is 1. The first-order valence-corrected chi connectivity index (χ1v) is 7.45. The minimum atomic E-state index is -0.125. The van der Waals surface area contributed by atoms with E-state index >= 15 is 0 Å². The minimum Gasteiger partial charge on any atom is -0.345 e. The number of benzene rings is 1. The smallest absolute Gasteiger partial charge is 0.251 e. The molecule has 0 bridgehead atoms. The van der Waals surface area contributed by atoms with E-state index in [1.807, 2.05) is 31.2 Å². The summed E-state index contributed by atoms with van der Waals surface area (Å²) in [6, 6.07) is 10.9. The number of nitrogens with zero attached hydrogens (tertiary/aromatic N) is 1. The van der Waals surface area contributed by atoms with Crippen LogP contribution in [0.15, 0.2) is 47.2 Å². The molecule has 104 valence electrons. The monoisotopic (exact) mass is 352 g/mol. The van der Waals surface area contributed by atoms with Crippen molar-refractivity contribution < 1.29 is 4.79 Å². The maximum absolute atomic E-state index is 12.2. The van der Waals surface area contributed by atoms with Crippen LogP contribution in [0.5, 0.6) is 0 Å². The zero-order valence-corrected chi connectivity index (χ0v) is 13.3. The Balaban J connectivity index is 2.16. The fourth-order valence-corrected chi connectivity index (χ4v) is 2.49. The fourth-order valence-electron chi connectivity index (χ4n) is 1.93. The highest BCUT2D eigenvalue weighted by atomic mass is 79.9. The predicted molar refractivity (Wildman–Crippen MR) is 83.9 cm³/mol. The van der Waals surface area contributed by atoms with Gasteiger partial charge >= 0.3 is 0 Å². The van der Waals surface area contributed by atoms with E-state index in [0.717, 1.165) is 12.0 Å². The quantitative estimate of drug-likeness (QED) is 0.829. The van der Waals surface area contributed by atoms with Crippen molar-refractivity contribution in [3.8, 4) is 0 Å².